The minimum atomic E-state index is -0.505. The average molecular weight is 199 g/mol. The van der Waals surface area contributed by atoms with Gasteiger partial charge in [-0.15, -0.1) is 0 Å². The van der Waals surface area contributed by atoms with Crippen LogP contribution in [0.4, 0.5) is 0 Å². The van der Waals surface area contributed by atoms with E-state index in [0.29, 0.717) is 0 Å². The SMILES string of the molecule is C=CC(=O)OC(C)CC(=O)NC(C)C. The van der Waals surface area contributed by atoms with Gasteiger partial charge in [0.25, 0.3) is 0 Å². The Hall–Kier alpha value is -1.32. The third-order valence-corrected chi connectivity index (χ3v) is 1.41. The zero-order chi connectivity index (χ0) is 11.1. The van der Waals surface area contributed by atoms with Gasteiger partial charge < -0.3 is 10.1 Å². The van der Waals surface area contributed by atoms with Crippen LogP contribution in [0.5, 0.6) is 0 Å². The number of amides is 1. The zero-order valence-electron chi connectivity index (χ0n) is 8.87. The van der Waals surface area contributed by atoms with E-state index in [1.807, 2.05) is 13.8 Å². The van der Waals surface area contributed by atoms with E-state index >= 15 is 0 Å². The van der Waals surface area contributed by atoms with Gasteiger partial charge in [-0.05, 0) is 20.8 Å². The van der Waals surface area contributed by atoms with Crippen LogP contribution >= 0.6 is 0 Å². The van der Waals surface area contributed by atoms with Gasteiger partial charge in [-0.2, -0.15) is 0 Å². The highest BCUT2D eigenvalue weighted by atomic mass is 16.5. The third-order valence-electron chi connectivity index (χ3n) is 1.41. The summed E-state index contributed by atoms with van der Waals surface area (Å²) >= 11 is 0. The van der Waals surface area contributed by atoms with Crippen LogP contribution in [-0.4, -0.2) is 24.0 Å². The summed E-state index contributed by atoms with van der Waals surface area (Å²) in [5.41, 5.74) is 0. The molecule has 0 saturated carbocycles. The molecule has 0 aliphatic heterocycles. The minimum absolute atomic E-state index is 0.102. The summed E-state index contributed by atoms with van der Waals surface area (Å²) in [5.74, 6) is -0.626. The maximum absolute atomic E-state index is 11.2. The molecular formula is C10H17NO3. The van der Waals surface area contributed by atoms with E-state index in [2.05, 4.69) is 11.9 Å². The van der Waals surface area contributed by atoms with Gasteiger partial charge in [0.1, 0.15) is 6.10 Å². The first-order chi connectivity index (χ1) is 6.45. The Morgan fingerprint density at radius 3 is 2.43 bits per heavy atom. The summed E-state index contributed by atoms with van der Waals surface area (Å²) < 4.78 is 4.83. The summed E-state index contributed by atoms with van der Waals surface area (Å²) in [4.78, 5) is 22.0. The van der Waals surface area contributed by atoms with E-state index in [9.17, 15) is 9.59 Å². The first-order valence-electron chi connectivity index (χ1n) is 4.58. The molecular weight excluding hydrogens is 182 g/mol. The number of carbonyl (C=O) groups excluding carboxylic acids is 2. The van der Waals surface area contributed by atoms with Crippen molar-refractivity contribution in [2.24, 2.45) is 0 Å². The fraction of sp³-hybridized carbons (Fsp3) is 0.600. The number of ether oxygens (including phenoxy) is 1. The van der Waals surface area contributed by atoms with Gasteiger partial charge in [-0.1, -0.05) is 6.58 Å². The molecule has 0 rings (SSSR count). The molecule has 14 heavy (non-hydrogen) atoms. The van der Waals surface area contributed by atoms with E-state index in [1.165, 1.54) is 0 Å². The minimum Gasteiger partial charge on any atom is -0.459 e. The van der Waals surface area contributed by atoms with Crippen LogP contribution in [0.1, 0.15) is 27.2 Å². The van der Waals surface area contributed by atoms with E-state index in [-0.39, 0.29) is 18.4 Å². The molecule has 0 saturated heterocycles. The molecule has 0 aromatic rings. The van der Waals surface area contributed by atoms with Crippen molar-refractivity contribution < 1.29 is 14.3 Å². The quantitative estimate of drug-likeness (QED) is 0.531. The normalized spacial score (nSPS) is 12.0. The van der Waals surface area contributed by atoms with E-state index in [4.69, 9.17) is 4.74 Å². The van der Waals surface area contributed by atoms with Crippen molar-refractivity contribution in [2.45, 2.75) is 39.3 Å². The number of rotatable bonds is 5. The monoisotopic (exact) mass is 199 g/mol. The Kier molecular flexibility index (Phi) is 5.60. The highest BCUT2D eigenvalue weighted by molar-refractivity contribution is 5.82. The molecule has 1 N–H and O–H groups in total. The predicted octanol–water partition coefficient (Wildman–Crippen LogP) is 1.02. The highest BCUT2D eigenvalue weighted by Gasteiger charge is 2.12. The molecule has 0 heterocycles. The maximum Gasteiger partial charge on any atom is 0.330 e. The van der Waals surface area contributed by atoms with E-state index in [1.54, 1.807) is 6.92 Å². The van der Waals surface area contributed by atoms with Crippen molar-refractivity contribution in [1.29, 1.82) is 0 Å². The molecule has 0 aromatic heterocycles. The van der Waals surface area contributed by atoms with E-state index < -0.39 is 12.1 Å². The lowest BCUT2D eigenvalue weighted by atomic mass is 10.2. The first kappa shape index (κ1) is 12.7. The van der Waals surface area contributed by atoms with Crippen LogP contribution in [0.2, 0.25) is 0 Å². The molecule has 0 aromatic carbocycles. The van der Waals surface area contributed by atoms with Crippen molar-refractivity contribution in [2.75, 3.05) is 0 Å². The molecule has 0 fully saturated rings. The molecule has 0 radical (unpaired) electrons. The summed E-state index contributed by atoms with van der Waals surface area (Å²) in [7, 11) is 0. The zero-order valence-corrected chi connectivity index (χ0v) is 8.87. The predicted molar refractivity (Wildman–Crippen MR) is 53.6 cm³/mol. The summed E-state index contributed by atoms with van der Waals surface area (Å²) in [6, 6.07) is 0.102. The van der Waals surface area contributed by atoms with Crippen molar-refractivity contribution >= 4 is 11.9 Å². The number of esters is 1. The molecule has 80 valence electrons. The Bertz CT molecular complexity index is 223. The largest absolute Gasteiger partial charge is 0.459 e. The van der Waals surface area contributed by atoms with Crippen molar-refractivity contribution in [1.82, 2.24) is 5.32 Å². The number of hydrogen-bond acceptors (Lipinski definition) is 3. The number of nitrogens with one attached hydrogen (secondary N) is 1. The van der Waals surface area contributed by atoms with Gasteiger partial charge in [0.2, 0.25) is 5.91 Å². The topological polar surface area (TPSA) is 55.4 Å². The molecule has 1 atom stereocenters. The van der Waals surface area contributed by atoms with Gasteiger partial charge in [0.15, 0.2) is 0 Å². The van der Waals surface area contributed by atoms with Gasteiger partial charge in [0, 0.05) is 12.1 Å². The second-order valence-electron chi connectivity index (χ2n) is 3.38. The Morgan fingerprint density at radius 2 is 2.00 bits per heavy atom. The highest BCUT2D eigenvalue weighted by Crippen LogP contribution is 1.98. The van der Waals surface area contributed by atoms with E-state index in [0.717, 1.165) is 6.08 Å². The van der Waals surface area contributed by atoms with Crippen LogP contribution in [0, 0.1) is 0 Å². The first-order valence-corrected chi connectivity index (χ1v) is 4.58. The Labute approximate surface area is 84.3 Å². The Morgan fingerprint density at radius 1 is 1.43 bits per heavy atom. The lowest BCUT2D eigenvalue weighted by molar-refractivity contribution is -0.143. The second kappa shape index (κ2) is 6.18. The summed E-state index contributed by atoms with van der Waals surface area (Å²) in [6.07, 6.45) is 0.841. The van der Waals surface area contributed by atoms with Crippen molar-refractivity contribution in [3.63, 3.8) is 0 Å². The lowest BCUT2D eigenvalue weighted by Gasteiger charge is -2.13. The molecule has 4 nitrogen and oxygen atoms in total. The Balaban J connectivity index is 3.82. The summed E-state index contributed by atoms with van der Waals surface area (Å²) in [5, 5.41) is 2.71. The van der Waals surface area contributed by atoms with Gasteiger partial charge >= 0.3 is 5.97 Å². The average Bonchev–Trinajstić information content (AvgIpc) is 2.01. The van der Waals surface area contributed by atoms with Crippen LogP contribution in [0.25, 0.3) is 0 Å². The molecule has 1 unspecified atom stereocenters. The molecule has 0 bridgehead atoms. The van der Waals surface area contributed by atoms with Gasteiger partial charge in [-0.25, -0.2) is 4.79 Å². The number of hydrogen-bond donors (Lipinski definition) is 1. The van der Waals surface area contributed by atoms with Crippen molar-refractivity contribution in [3.8, 4) is 0 Å². The molecule has 0 spiro atoms. The molecule has 1 amide bonds. The lowest BCUT2D eigenvalue weighted by Crippen LogP contribution is -2.33. The third kappa shape index (κ3) is 6.22. The van der Waals surface area contributed by atoms with Gasteiger partial charge in [0.05, 0.1) is 6.42 Å². The molecule has 0 aliphatic rings. The van der Waals surface area contributed by atoms with Crippen LogP contribution in [-0.2, 0) is 14.3 Å². The maximum atomic E-state index is 11.2. The van der Waals surface area contributed by atoms with Gasteiger partial charge in [-0.3, -0.25) is 4.79 Å². The number of carbonyl (C=O) groups is 2. The van der Waals surface area contributed by atoms with Crippen molar-refractivity contribution in [3.05, 3.63) is 12.7 Å². The molecule has 4 heteroatoms. The smallest absolute Gasteiger partial charge is 0.330 e. The second-order valence-corrected chi connectivity index (χ2v) is 3.38. The standard InChI is InChI=1S/C10H17NO3/c1-5-10(13)14-8(4)6-9(12)11-7(2)3/h5,7-8H,1,6H2,2-4H3,(H,11,12). The van der Waals surface area contributed by atoms with Crippen LogP contribution in [0.15, 0.2) is 12.7 Å². The fourth-order valence-corrected chi connectivity index (χ4v) is 0.930. The fourth-order valence-electron chi connectivity index (χ4n) is 0.930. The molecule has 0 aliphatic carbocycles. The van der Waals surface area contributed by atoms with Crippen LogP contribution in [0.3, 0.4) is 0 Å². The van der Waals surface area contributed by atoms with Crippen LogP contribution < -0.4 is 5.32 Å². The summed E-state index contributed by atoms with van der Waals surface area (Å²) in [6.45, 7) is 8.68.